The number of nitrogens with zero attached hydrogens (tertiary/aromatic N) is 2. The third-order valence-corrected chi connectivity index (χ3v) is 5.15. The van der Waals surface area contributed by atoms with Crippen molar-refractivity contribution in [2.75, 3.05) is 0 Å². The minimum absolute atomic E-state index is 0.156. The van der Waals surface area contributed by atoms with E-state index in [9.17, 15) is 14.4 Å². The Labute approximate surface area is 152 Å². The molecule has 3 rings (SSSR count). The van der Waals surface area contributed by atoms with E-state index < -0.39 is 5.69 Å². The summed E-state index contributed by atoms with van der Waals surface area (Å²) in [5.41, 5.74) is 0.484. The summed E-state index contributed by atoms with van der Waals surface area (Å²) in [6.07, 6.45) is 0. The molecule has 0 saturated heterocycles. The molecule has 2 heterocycles. The normalized spacial score (nSPS) is 11.0. The molecule has 2 aromatic heterocycles. The summed E-state index contributed by atoms with van der Waals surface area (Å²) in [5, 5.41) is 5.07. The Morgan fingerprint density at radius 3 is 2.68 bits per heavy atom. The highest BCUT2D eigenvalue weighted by Gasteiger charge is 2.15. The summed E-state index contributed by atoms with van der Waals surface area (Å²) in [5.74, 6) is -0.323. The lowest BCUT2D eigenvalue weighted by Crippen LogP contribution is -2.41. The first-order valence-electron chi connectivity index (χ1n) is 7.74. The van der Waals surface area contributed by atoms with E-state index in [1.165, 1.54) is 15.9 Å². The Kier molecular flexibility index (Phi) is 5.06. The van der Waals surface area contributed by atoms with Crippen LogP contribution in [0.15, 0.2) is 45.3 Å². The number of thiophene rings is 1. The van der Waals surface area contributed by atoms with E-state index in [1.807, 2.05) is 18.2 Å². The standard InChI is InChI=1S/C17H16ClN3O3S/c1-2-20-16(23)15-13(7-8-25-15)21(17(20)24)10-14(22)19-9-11-5-3-4-6-12(11)18/h3-8H,2,9-10H2,1H3,(H,19,22). The van der Waals surface area contributed by atoms with Gasteiger partial charge in [0.2, 0.25) is 5.91 Å². The van der Waals surface area contributed by atoms with Gasteiger partial charge in [0.25, 0.3) is 5.56 Å². The molecule has 6 nitrogen and oxygen atoms in total. The SMILES string of the molecule is CCn1c(=O)c2sccc2n(CC(=O)NCc2ccccc2Cl)c1=O. The summed E-state index contributed by atoms with van der Waals surface area (Å²) < 4.78 is 2.94. The van der Waals surface area contributed by atoms with Crippen LogP contribution >= 0.6 is 22.9 Å². The van der Waals surface area contributed by atoms with Crippen LogP contribution in [0.25, 0.3) is 10.2 Å². The minimum atomic E-state index is -0.480. The number of fused-ring (bicyclic) bond motifs is 1. The fourth-order valence-electron chi connectivity index (χ4n) is 2.60. The number of carbonyl (C=O) groups excluding carboxylic acids is 1. The van der Waals surface area contributed by atoms with Crippen LogP contribution in [-0.2, 0) is 24.4 Å². The molecule has 8 heteroatoms. The van der Waals surface area contributed by atoms with E-state index in [-0.39, 0.29) is 31.1 Å². The van der Waals surface area contributed by atoms with Gasteiger partial charge in [0.1, 0.15) is 11.2 Å². The molecule has 1 N–H and O–H groups in total. The predicted molar refractivity (Wildman–Crippen MR) is 99.3 cm³/mol. The molecule has 130 valence electrons. The molecule has 0 radical (unpaired) electrons. The van der Waals surface area contributed by atoms with Crippen molar-refractivity contribution in [3.63, 3.8) is 0 Å². The Morgan fingerprint density at radius 2 is 1.96 bits per heavy atom. The van der Waals surface area contributed by atoms with Crippen molar-refractivity contribution in [3.8, 4) is 0 Å². The first kappa shape index (κ1) is 17.4. The second-order valence-corrected chi connectivity index (χ2v) is 6.74. The zero-order valence-corrected chi connectivity index (χ0v) is 15.1. The predicted octanol–water partition coefficient (Wildman–Crippen LogP) is 2.21. The van der Waals surface area contributed by atoms with Gasteiger partial charge in [-0.05, 0) is 30.0 Å². The van der Waals surface area contributed by atoms with Gasteiger partial charge in [0.05, 0.1) is 5.52 Å². The largest absolute Gasteiger partial charge is 0.350 e. The zero-order valence-electron chi connectivity index (χ0n) is 13.5. The molecule has 0 aliphatic rings. The van der Waals surface area contributed by atoms with Gasteiger partial charge >= 0.3 is 5.69 Å². The Bertz CT molecular complexity index is 1050. The molecule has 0 saturated carbocycles. The van der Waals surface area contributed by atoms with E-state index in [1.54, 1.807) is 24.4 Å². The highest BCUT2D eigenvalue weighted by Crippen LogP contribution is 2.16. The zero-order chi connectivity index (χ0) is 18.0. The van der Waals surface area contributed by atoms with Crippen LogP contribution in [-0.4, -0.2) is 15.0 Å². The Hall–Kier alpha value is -2.38. The van der Waals surface area contributed by atoms with Crippen LogP contribution in [0.5, 0.6) is 0 Å². The number of hydrogen-bond acceptors (Lipinski definition) is 4. The molecule has 0 aliphatic carbocycles. The van der Waals surface area contributed by atoms with Gasteiger partial charge in [-0.3, -0.25) is 18.7 Å². The molecule has 3 aromatic rings. The molecule has 0 spiro atoms. The lowest BCUT2D eigenvalue weighted by molar-refractivity contribution is -0.121. The molecular formula is C17H16ClN3O3S. The van der Waals surface area contributed by atoms with Crippen molar-refractivity contribution in [3.05, 3.63) is 67.1 Å². The topological polar surface area (TPSA) is 73.1 Å². The first-order valence-corrected chi connectivity index (χ1v) is 8.99. The number of carbonyl (C=O) groups is 1. The maximum absolute atomic E-state index is 12.5. The molecule has 0 atom stereocenters. The van der Waals surface area contributed by atoms with Crippen LogP contribution in [0.4, 0.5) is 0 Å². The minimum Gasteiger partial charge on any atom is -0.350 e. The lowest BCUT2D eigenvalue weighted by atomic mass is 10.2. The van der Waals surface area contributed by atoms with Crippen LogP contribution in [0.1, 0.15) is 12.5 Å². The van der Waals surface area contributed by atoms with Crippen molar-refractivity contribution in [2.24, 2.45) is 0 Å². The third-order valence-electron chi connectivity index (χ3n) is 3.89. The smallest absolute Gasteiger partial charge is 0.331 e. The maximum atomic E-state index is 12.5. The summed E-state index contributed by atoms with van der Waals surface area (Å²) >= 11 is 7.33. The molecule has 0 aliphatic heterocycles. The molecule has 1 amide bonds. The van der Waals surface area contributed by atoms with E-state index in [2.05, 4.69) is 5.32 Å². The second-order valence-electron chi connectivity index (χ2n) is 5.42. The average molecular weight is 378 g/mol. The number of rotatable bonds is 5. The molecule has 0 fully saturated rings. The van der Waals surface area contributed by atoms with Gasteiger partial charge in [0.15, 0.2) is 0 Å². The quantitative estimate of drug-likeness (QED) is 0.741. The Balaban J connectivity index is 1.87. The second kappa shape index (κ2) is 7.25. The van der Waals surface area contributed by atoms with E-state index >= 15 is 0 Å². The lowest BCUT2D eigenvalue weighted by Gasteiger charge is -2.11. The van der Waals surface area contributed by atoms with Crippen molar-refractivity contribution in [1.82, 2.24) is 14.5 Å². The van der Waals surface area contributed by atoms with E-state index in [0.29, 0.717) is 15.2 Å². The number of nitrogens with one attached hydrogen (secondary N) is 1. The van der Waals surface area contributed by atoms with Crippen LogP contribution in [0, 0.1) is 0 Å². The molecular weight excluding hydrogens is 362 g/mol. The van der Waals surface area contributed by atoms with E-state index in [0.717, 1.165) is 10.1 Å². The number of hydrogen-bond donors (Lipinski definition) is 1. The average Bonchev–Trinajstić information content (AvgIpc) is 3.08. The number of amides is 1. The Morgan fingerprint density at radius 1 is 1.20 bits per heavy atom. The van der Waals surface area contributed by atoms with Crippen molar-refractivity contribution in [1.29, 1.82) is 0 Å². The van der Waals surface area contributed by atoms with Gasteiger partial charge in [-0.2, -0.15) is 0 Å². The van der Waals surface area contributed by atoms with Gasteiger partial charge in [-0.15, -0.1) is 11.3 Å². The fourth-order valence-corrected chi connectivity index (χ4v) is 3.65. The number of halogens is 1. The van der Waals surface area contributed by atoms with Gasteiger partial charge in [0, 0.05) is 18.1 Å². The molecule has 0 bridgehead atoms. The van der Waals surface area contributed by atoms with Gasteiger partial charge in [-0.1, -0.05) is 29.8 Å². The van der Waals surface area contributed by atoms with Crippen LogP contribution in [0.3, 0.4) is 0 Å². The maximum Gasteiger partial charge on any atom is 0.331 e. The summed E-state index contributed by atoms with van der Waals surface area (Å²) in [7, 11) is 0. The van der Waals surface area contributed by atoms with Crippen molar-refractivity contribution in [2.45, 2.75) is 26.6 Å². The van der Waals surface area contributed by atoms with Crippen molar-refractivity contribution >= 4 is 39.1 Å². The monoisotopic (exact) mass is 377 g/mol. The summed E-state index contributed by atoms with van der Waals surface area (Å²) in [4.78, 5) is 37.1. The highest BCUT2D eigenvalue weighted by atomic mass is 35.5. The van der Waals surface area contributed by atoms with Gasteiger partial charge < -0.3 is 5.32 Å². The van der Waals surface area contributed by atoms with Gasteiger partial charge in [-0.25, -0.2) is 4.79 Å². The highest BCUT2D eigenvalue weighted by molar-refractivity contribution is 7.17. The van der Waals surface area contributed by atoms with Crippen LogP contribution in [0.2, 0.25) is 5.02 Å². The molecule has 25 heavy (non-hydrogen) atoms. The van der Waals surface area contributed by atoms with Crippen molar-refractivity contribution < 1.29 is 4.79 Å². The number of benzene rings is 1. The third kappa shape index (κ3) is 3.38. The number of aromatic nitrogens is 2. The summed E-state index contributed by atoms with van der Waals surface area (Å²) in [6.45, 7) is 2.10. The molecule has 1 aromatic carbocycles. The molecule has 0 unspecified atom stereocenters. The van der Waals surface area contributed by atoms with E-state index in [4.69, 9.17) is 11.6 Å². The van der Waals surface area contributed by atoms with Crippen LogP contribution < -0.4 is 16.6 Å². The summed E-state index contributed by atoms with van der Waals surface area (Å²) in [6, 6.07) is 8.91. The first-order chi connectivity index (χ1) is 12.0. The fraction of sp³-hybridized carbons (Fsp3) is 0.235.